The van der Waals surface area contributed by atoms with E-state index in [1.807, 2.05) is 29.6 Å². The Kier molecular flexibility index (Phi) is 5.77. The number of hydrogen-bond acceptors (Lipinski definition) is 4. The van der Waals surface area contributed by atoms with Crippen LogP contribution in [0.25, 0.3) is 16.8 Å². The van der Waals surface area contributed by atoms with Crippen molar-refractivity contribution >= 4 is 61.7 Å². The fourth-order valence-electron chi connectivity index (χ4n) is 2.08. The van der Waals surface area contributed by atoms with Crippen molar-refractivity contribution in [1.82, 2.24) is 4.98 Å². The van der Waals surface area contributed by atoms with Crippen LogP contribution in [0.4, 0.5) is 5.69 Å². The van der Waals surface area contributed by atoms with E-state index in [1.54, 1.807) is 24.4 Å². The normalized spacial score (nSPS) is 11.2. The predicted octanol–water partition coefficient (Wildman–Crippen LogP) is 6.86. The molecule has 0 aliphatic rings. The highest BCUT2D eigenvalue weighted by atomic mass is 79.9. The number of halogens is 3. The fraction of sp³-hybridized carbons (Fsp3) is 0. The molecule has 1 N–H and O–H groups in total. The summed E-state index contributed by atoms with van der Waals surface area (Å²) in [5.41, 5.74) is 2.86. The van der Waals surface area contributed by atoms with Gasteiger partial charge in [0.25, 0.3) is 0 Å². The number of hydrogen-bond donors (Lipinski definition) is 1. The minimum absolute atomic E-state index is 0.409. The maximum Gasteiger partial charge on any atom is 0.136 e. The number of thiazole rings is 1. The molecule has 25 heavy (non-hydrogen) atoms. The lowest BCUT2D eigenvalue weighted by Crippen LogP contribution is -1.92. The largest absolute Gasteiger partial charge is 0.359 e. The molecule has 3 nitrogen and oxygen atoms in total. The number of allylic oxidation sites excluding steroid dienone is 1. The molecule has 0 aliphatic carbocycles. The Morgan fingerprint density at radius 3 is 2.80 bits per heavy atom. The lowest BCUT2D eigenvalue weighted by molar-refractivity contribution is 1.36. The van der Waals surface area contributed by atoms with Crippen molar-refractivity contribution in [3.63, 3.8) is 0 Å². The Morgan fingerprint density at radius 2 is 2.04 bits per heavy atom. The highest BCUT2D eigenvalue weighted by Gasteiger charge is 2.10. The molecule has 1 heterocycles. The maximum atomic E-state index is 9.45. The summed E-state index contributed by atoms with van der Waals surface area (Å²) in [6.07, 6.45) is 1.58. The van der Waals surface area contributed by atoms with Crippen molar-refractivity contribution in [3.8, 4) is 17.3 Å². The minimum Gasteiger partial charge on any atom is -0.359 e. The summed E-state index contributed by atoms with van der Waals surface area (Å²) < 4.78 is 0.980. The highest BCUT2D eigenvalue weighted by molar-refractivity contribution is 9.10. The summed E-state index contributed by atoms with van der Waals surface area (Å²) in [5.74, 6) is 0. The van der Waals surface area contributed by atoms with Crippen molar-refractivity contribution in [2.24, 2.45) is 0 Å². The van der Waals surface area contributed by atoms with Crippen LogP contribution in [0.2, 0.25) is 10.0 Å². The lowest BCUT2D eigenvalue weighted by atomic mass is 10.2. The van der Waals surface area contributed by atoms with Gasteiger partial charge in [-0.1, -0.05) is 57.3 Å². The van der Waals surface area contributed by atoms with Crippen LogP contribution in [0.3, 0.4) is 0 Å². The van der Waals surface area contributed by atoms with Gasteiger partial charge in [0.15, 0.2) is 0 Å². The summed E-state index contributed by atoms with van der Waals surface area (Å²) in [5, 5.41) is 15.9. The van der Waals surface area contributed by atoms with Crippen LogP contribution < -0.4 is 5.32 Å². The van der Waals surface area contributed by atoms with Crippen LogP contribution >= 0.6 is 50.5 Å². The van der Waals surface area contributed by atoms with Gasteiger partial charge in [0, 0.05) is 21.6 Å². The molecule has 0 radical (unpaired) electrons. The lowest BCUT2D eigenvalue weighted by Gasteiger charge is -2.05. The molecule has 3 aromatic rings. The van der Waals surface area contributed by atoms with Crippen molar-refractivity contribution in [3.05, 3.63) is 73.6 Å². The first-order chi connectivity index (χ1) is 12.1. The van der Waals surface area contributed by atoms with E-state index in [4.69, 9.17) is 23.2 Å². The summed E-state index contributed by atoms with van der Waals surface area (Å²) in [7, 11) is 0. The van der Waals surface area contributed by atoms with Crippen molar-refractivity contribution < 1.29 is 0 Å². The first-order valence-electron chi connectivity index (χ1n) is 7.11. The molecule has 0 saturated heterocycles. The van der Waals surface area contributed by atoms with E-state index in [0.29, 0.717) is 26.3 Å². The van der Waals surface area contributed by atoms with E-state index in [9.17, 15) is 5.26 Å². The van der Waals surface area contributed by atoms with Gasteiger partial charge in [0.1, 0.15) is 16.6 Å². The summed E-state index contributed by atoms with van der Waals surface area (Å²) in [6, 6.07) is 15.3. The second kappa shape index (κ2) is 8.03. The Labute approximate surface area is 167 Å². The molecule has 0 fully saturated rings. The first kappa shape index (κ1) is 18.0. The standard InChI is InChI=1S/C18H10BrCl2N3S/c19-13-4-1-3-11(7-13)16-10-25-18(24-16)12(8-22)9-23-15-6-2-5-14(20)17(15)21/h1-7,9-10,23H/b12-9-. The van der Waals surface area contributed by atoms with E-state index in [-0.39, 0.29) is 0 Å². The SMILES string of the molecule is N#C/C(=C/Nc1cccc(Cl)c1Cl)c1nc(-c2cccc(Br)c2)cs1. The topological polar surface area (TPSA) is 48.7 Å². The molecule has 0 bridgehead atoms. The average Bonchev–Trinajstić information content (AvgIpc) is 3.09. The third kappa shape index (κ3) is 4.23. The van der Waals surface area contributed by atoms with Crippen molar-refractivity contribution in [1.29, 1.82) is 5.26 Å². The zero-order valence-corrected chi connectivity index (χ0v) is 16.5. The van der Waals surface area contributed by atoms with E-state index >= 15 is 0 Å². The van der Waals surface area contributed by atoms with Gasteiger partial charge in [0.2, 0.25) is 0 Å². The molecular weight excluding hydrogens is 441 g/mol. The van der Waals surface area contributed by atoms with E-state index < -0.39 is 0 Å². The van der Waals surface area contributed by atoms with Gasteiger partial charge < -0.3 is 5.32 Å². The second-order valence-corrected chi connectivity index (χ2v) is 7.52. The van der Waals surface area contributed by atoms with Gasteiger partial charge in [-0.05, 0) is 24.3 Å². The molecule has 0 spiro atoms. The smallest absolute Gasteiger partial charge is 0.136 e. The monoisotopic (exact) mass is 449 g/mol. The third-order valence-electron chi connectivity index (χ3n) is 3.30. The Bertz CT molecular complexity index is 992. The molecular formula is C18H10BrCl2N3S. The molecule has 1 aromatic heterocycles. The molecule has 7 heteroatoms. The second-order valence-electron chi connectivity index (χ2n) is 4.96. The van der Waals surface area contributed by atoms with E-state index in [0.717, 1.165) is 15.7 Å². The van der Waals surface area contributed by atoms with Crippen LogP contribution in [0.5, 0.6) is 0 Å². The zero-order chi connectivity index (χ0) is 17.8. The summed E-state index contributed by atoms with van der Waals surface area (Å²) >= 11 is 17.0. The zero-order valence-electron chi connectivity index (χ0n) is 12.6. The van der Waals surface area contributed by atoms with Gasteiger partial charge in [-0.3, -0.25) is 0 Å². The van der Waals surface area contributed by atoms with Gasteiger partial charge in [0.05, 0.1) is 21.4 Å². The third-order valence-corrected chi connectivity index (χ3v) is 5.49. The molecule has 3 rings (SSSR count). The van der Waals surface area contributed by atoms with Gasteiger partial charge in [-0.2, -0.15) is 5.26 Å². The molecule has 0 saturated carbocycles. The molecule has 0 unspecified atom stereocenters. The van der Waals surface area contributed by atoms with Gasteiger partial charge in [-0.15, -0.1) is 11.3 Å². The van der Waals surface area contributed by atoms with Crippen LogP contribution in [-0.4, -0.2) is 4.98 Å². The number of nitrogens with zero attached hydrogens (tertiary/aromatic N) is 2. The predicted molar refractivity (Wildman–Crippen MR) is 109 cm³/mol. The summed E-state index contributed by atoms with van der Waals surface area (Å²) in [4.78, 5) is 4.55. The van der Waals surface area contributed by atoms with Crippen molar-refractivity contribution in [2.75, 3.05) is 5.32 Å². The van der Waals surface area contributed by atoms with Crippen LogP contribution in [0.1, 0.15) is 5.01 Å². The van der Waals surface area contributed by atoms with Crippen LogP contribution in [0, 0.1) is 11.3 Å². The number of nitrogens with one attached hydrogen (secondary N) is 1. The maximum absolute atomic E-state index is 9.45. The molecule has 0 amide bonds. The number of anilines is 1. The number of benzene rings is 2. The number of nitriles is 1. The van der Waals surface area contributed by atoms with Gasteiger partial charge >= 0.3 is 0 Å². The molecule has 0 aliphatic heterocycles. The number of aromatic nitrogens is 1. The number of rotatable bonds is 4. The first-order valence-corrected chi connectivity index (χ1v) is 9.54. The Balaban J connectivity index is 1.87. The highest BCUT2D eigenvalue weighted by Crippen LogP contribution is 2.31. The van der Waals surface area contributed by atoms with Crippen molar-refractivity contribution in [2.45, 2.75) is 0 Å². The van der Waals surface area contributed by atoms with E-state index in [2.05, 4.69) is 32.3 Å². The quantitative estimate of drug-likeness (QED) is 0.441. The van der Waals surface area contributed by atoms with Crippen LogP contribution in [0.15, 0.2) is 58.5 Å². The minimum atomic E-state index is 0.409. The molecule has 0 atom stereocenters. The fourth-order valence-corrected chi connectivity index (χ4v) is 3.63. The molecule has 2 aromatic carbocycles. The van der Waals surface area contributed by atoms with E-state index in [1.165, 1.54) is 11.3 Å². The average molecular weight is 451 g/mol. The Hall–Kier alpha value is -1.84. The van der Waals surface area contributed by atoms with Crippen LogP contribution in [-0.2, 0) is 0 Å². The molecule has 124 valence electrons. The van der Waals surface area contributed by atoms with Gasteiger partial charge in [-0.25, -0.2) is 4.98 Å². The summed E-state index contributed by atoms with van der Waals surface area (Å²) in [6.45, 7) is 0. The Morgan fingerprint density at radius 1 is 1.24 bits per heavy atom.